The molecule has 1 heterocycles. The number of nitrogens with one attached hydrogen (secondary N) is 2. The van der Waals surface area contributed by atoms with Gasteiger partial charge in [0, 0.05) is 25.0 Å². The molecule has 0 saturated heterocycles. The van der Waals surface area contributed by atoms with Crippen molar-refractivity contribution < 1.29 is 4.79 Å². The van der Waals surface area contributed by atoms with E-state index in [-0.39, 0.29) is 6.03 Å². The summed E-state index contributed by atoms with van der Waals surface area (Å²) in [5, 5.41) is 2.89. The summed E-state index contributed by atoms with van der Waals surface area (Å²) in [6, 6.07) is 1.99. The molecule has 0 bridgehead atoms. The highest BCUT2D eigenvalue weighted by atomic mass is 16.2. The molecule has 0 spiro atoms. The van der Waals surface area contributed by atoms with Gasteiger partial charge >= 0.3 is 6.03 Å². The minimum Gasteiger partial charge on any atom is -0.363 e. The topological polar surface area (TPSA) is 48.1 Å². The van der Waals surface area contributed by atoms with Crippen LogP contribution in [-0.4, -0.2) is 24.1 Å². The molecule has 0 aliphatic carbocycles. The van der Waals surface area contributed by atoms with Gasteiger partial charge in [-0.05, 0) is 25.8 Å². The van der Waals surface area contributed by atoms with Crippen LogP contribution in [0.1, 0.15) is 45.7 Å². The van der Waals surface area contributed by atoms with Crippen molar-refractivity contribution in [1.29, 1.82) is 0 Å². The van der Waals surface area contributed by atoms with Gasteiger partial charge in [-0.1, -0.05) is 26.7 Å². The predicted octanol–water partition coefficient (Wildman–Crippen LogP) is 3.30. The van der Waals surface area contributed by atoms with Crippen LogP contribution in [0.3, 0.4) is 0 Å². The van der Waals surface area contributed by atoms with Gasteiger partial charge in [0.05, 0.1) is 5.69 Å². The molecule has 4 heteroatoms. The molecule has 1 aromatic rings. The molecule has 2 amide bonds. The normalized spacial score (nSPS) is 10.4. The maximum absolute atomic E-state index is 12.1. The van der Waals surface area contributed by atoms with Gasteiger partial charge in [0.1, 0.15) is 0 Å². The Morgan fingerprint density at radius 1 is 1.33 bits per heavy atom. The van der Waals surface area contributed by atoms with Crippen LogP contribution < -0.4 is 10.2 Å². The van der Waals surface area contributed by atoms with Crippen molar-refractivity contribution in [3.63, 3.8) is 0 Å². The minimum absolute atomic E-state index is 0.00269. The van der Waals surface area contributed by atoms with Crippen LogP contribution in [0.4, 0.5) is 10.5 Å². The third kappa shape index (κ3) is 3.79. The number of aromatic amines is 1. The average molecular weight is 251 g/mol. The fraction of sp³-hybridized carbons (Fsp3) is 0.643. The molecule has 0 aromatic carbocycles. The number of aromatic nitrogens is 1. The van der Waals surface area contributed by atoms with Crippen LogP contribution in [0.2, 0.25) is 0 Å². The van der Waals surface area contributed by atoms with Gasteiger partial charge in [0.15, 0.2) is 0 Å². The summed E-state index contributed by atoms with van der Waals surface area (Å²) in [6.07, 6.45) is 6.17. The summed E-state index contributed by atoms with van der Waals surface area (Å²) in [5.74, 6) is 0. The van der Waals surface area contributed by atoms with E-state index in [9.17, 15) is 4.79 Å². The van der Waals surface area contributed by atoms with Crippen molar-refractivity contribution in [1.82, 2.24) is 10.3 Å². The molecule has 18 heavy (non-hydrogen) atoms. The summed E-state index contributed by atoms with van der Waals surface area (Å²) >= 11 is 0. The number of carbonyl (C=O) groups excluding carboxylic acids is 1. The largest absolute Gasteiger partial charge is 0.363 e. The molecule has 0 saturated carbocycles. The first-order chi connectivity index (χ1) is 8.74. The van der Waals surface area contributed by atoms with E-state index in [1.807, 2.05) is 24.1 Å². The van der Waals surface area contributed by atoms with Crippen molar-refractivity contribution >= 4 is 11.7 Å². The van der Waals surface area contributed by atoms with Gasteiger partial charge in [0.25, 0.3) is 0 Å². The van der Waals surface area contributed by atoms with E-state index < -0.39 is 0 Å². The Morgan fingerprint density at radius 2 is 2.11 bits per heavy atom. The van der Waals surface area contributed by atoms with Crippen LogP contribution >= 0.6 is 0 Å². The number of rotatable bonds is 7. The maximum Gasteiger partial charge on any atom is 0.321 e. The molecule has 102 valence electrons. The van der Waals surface area contributed by atoms with E-state index >= 15 is 0 Å². The number of unbranched alkanes of at least 4 members (excludes halogenated alkanes) is 2. The van der Waals surface area contributed by atoms with Gasteiger partial charge < -0.3 is 10.3 Å². The molecule has 1 rings (SSSR count). The van der Waals surface area contributed by atoms with E-state index in [1.54, 1.807) is 0 Å². The fourth-order valence-electron chi connectivity index (χ4n) is 2.03. The molecule has 0 aliphatic rings. The zero-order valence-electron chi connectivity index (χ0n) is 11.8. The molecule has 0 atom stereocenters. The predicted molar refractivity (Wildman–Crippen MR) is 76.1 cm³/mol. The van der Waals surface area contributed by atoms with Gasteiger partial charge in [-0.15, -0.1) is 0 Å². The summed E-state index contributed by atoms with van der Waals surface area (Å²) < 4.78 is 0. The number of H-pyrrole nitrogens is 1. The average Bonchev–Trinajstić information content (AvgIpc) is 2.83. The van der Waals surface area contributed by atoms with Crippen LogP contribution in [0.25, 0.3) is 0 Å². The number of hydrogen-bond acceptors (Lipinski definition) is 1. The molecule has 0 fully saturated rings. The molecular weight excluding hydrogens is 226 g/mol. The fourth-order valence-corrected chi connectivity index (χ4v) is 2.03. The second-order valence-electron chi connectivity index (χ2n) is 4.39. The highest BCUT2D eigenvalue weighted by Crippen LogP contribution is 2.20. The molecule has 4 nitrogen and oxygen atoms in total. The molecule has 2 N–H and O–H groups in total. The standard InChI is InChI=1S/C14H25N3O/c1-4-7-8-11-17(14(18)15-6-3)13-9-10-16-12(13)5-2/h9-10,16H,4-8,11H2,1-3H3,(H,15,18). The Bertz CT molecular complexity index is 360. The molecule has 0 aliphatic heterocycles. The first kappa shape index (κ1) is 14.6. The van der Waals surface area contributed by atoms with Crippen LogP contribution in [-0.2, 0) is 6.42 Å². The van der Waals surface area contributed by atoms with E-state index in [4.69, 9.17) is 0 Å². The third-order valence-electron chi connectivity index (χ3n) is 3.01. The first-order valence-corrected chi connectivity index (χ1v) is 6.96. The van der Waals surface area contributed by atoms with Gasteiger partial charge in [-0.25, -0.2) is 4.79 Å². The number of nitrogens with zero attached hydrogens (tertiary/aromatic N) is 1. The lowest BCUT2D eigenvalue weighted by Gasteiger charge is -2.23. The Morgan fingerprint density at radius 3 is 2.72 bits per heavy atom. The van der Waals surface area contributed by atoms with E-state index in [0.29, 0.717) is 6.54 Å². The lowest BCUT2D eigenvalue weighted by atomic mass is 10.2. The molecular formula is C14H25N3O. The molecule has 0 unspecified atom stereocenters. The van der Waals surface area contributed by atoms with Crippen molar-refractivity contribution in [3.8, 4) is 0 Å². The van der Waals surface area contributed by atoms with Crippen molar-refractivity contribution in [2.24, 2.45) is 0 Å². The summed E-state index contributed by atoms with van der Waals surface area (Å²) in [7, 11) is 0. The summed E-state index contributed by atoms with van der Waals surface area (Å²) in [5.41, 5.74) is 2.14. The van der Waals surface area contributed by atoms with Crippen LogP contribution in [0.5, 0.6) is 0 Å². The van der Waals surface area contributed by atoms with Gasteiger partial charge in [-0.2, -0.15) is 0 Å². The number of aryl methyl sites for hydroxylation is 1. The van der Waals surface area contributed by atoms with Gasteiger partial charge in [0.2, 0.25) is 0 Å². The zero-order valence-corrected chi connectivity index (χ0v) is 11.8. The van der Waals surface area contributed by atoms with Crippen molar-refractivity contribution in [3.05, 3.63) is 18.0 Å². The highest BCUT2D eigenvalue weighted by Gasteiger charge is 2.17. The highest BCUT2D eigenvalue weighted by molar-refractivity contribution is 5.92. The maximum atomic E-state index is 12.1. The quantitative estimate of drug-likeness (QED) is 0.718. The lowest BCUT2D eigenvalue weighted by Crippen LogP contribution is -2.40. The molecule has 0 radical (unpaired) electrons. The SMILES string of the molecule is CCCCCN(C(=O)NCC)c1cc[nH]c1CC. The summed E-state index contributed by atoms with van der Waals surface area (Å²) in [6.45, 7) is 7.65. The number of urea groups is 1. The Kier molecular flexibility index (Phi) is 6.33. The van der Waals surface area contributed by atoms with Crippen LogP contribution in [0.15, 0.2) is 12.3 Å². The summed E-state index contributed by atoms with van der Waals surface area (Å²) in [4.78, 5) is 17.2. The Labute approximate surface area is 110 Å². The number of carbonyl (C=O) groups is 1. The van der Waals surface area contributed by atoms with Crippen LogP contribution in [0, 0.1) is 0 Å². The number of anilines is 1. The zero-order chi connectivity index (χ0) is 13.4. The van der Waals surface area contributed by atoms with Gasteiger partial charge in [-0.3, -0.25) is 4.90 Å². The lowest BCUT2D eigenvalue weighted by molar-refractivity contribution is 0.246. The van der Waals surface area contributed by atoms with Crippen molar-refractivity contribution in [2.45, 2.75) is 46.5 Å². The molecule has 1 aromatic heterocycles. The second-order valence-corrected chi connectivity index (χ2v) is 4.39. The van der Waals surface area contributed by atoms with E-state index in [0.717, 1.165) is 43.6 Å². The smallest absolute Gasteiger partial charge is 0.321 e. The second kappa shape index (κ2) is 7.80. The number of hydrogen-bond donors (Lipinski definition) is 2. The monoisotopic (exact) mass is 251 g/mol. The minimum atomic E-state index is 0.00269. The van der Waals surface area contributed by atoms with E-state index in [2.05, 4.69) is 24.1 Å². The van der Waals surface area contributed by atoms with Crippen molar-refractivity contribution in [2.75, 3.05) is 18.0 Å². The Hall–Kier alpha value is -1.45. The number of amides is 2. The Balaban J connectivity index is 2.79. The first-order valence-electron chi connectivity index (χ1n) is 6.96. The van der Waals surface area contributed by atoms with E-state index in [1.165, 1.54) is 0 Å². The third-order valence-corrected chi connectivity index (χ3v) is 3.01.